The van der Waals surface area contributed by atoms with E-state index in [0.717, 1.165) is 17.9 Å². The van der Waals surface area contributed by atoms with E-state index in [9.17, 15) is 4.21 Å². The molecule has 0 spiro atoms. The first-order valence-electron chi connectivity index (χ1n) is 6.94. The molecule has 0 amide bonds. The smallest absolute Gasteiger partial charge is 0.0987 e. The average Bonchev–Trinajstić information content (AvgIpc) is 2.37. The van der Waals surface area contributed by atoms with Crippen molar-refractivity contribution in [2.75, 3.05) is 11.5 Å². The highest BCUT2D eigenvalue weighted by atomic mass is 32.2. The van der Waals surface area contributed by atoms with Crippen molar-refractivity contribution >= 4 is 10.8 Å². The van der Waals surface area contributed by atoms with Crippen molar-refractivity contribution in [2.24, 2.45) is 5.92 Å². The molecule has 0 aromatic carbocycles. The van der Waals surface area contributed by atoms with Crippen molar-refractivity contribution in [1.82, 2.24) is 0 Å². The van der Waals surface area contributed by atoms with E-state index in [1.54, 1.807) is 0 Å². The lowest BCUT2D eigenvalue weighted by Crippen LogP contribution is -2.29. The fourth-order valence-corrected chi connectivity index (χ4v) is 4.29. The summed E-state index contributed by atoms with van der Waals surface area (Å²) in [6.45, 7) is 2.13. The first-order valence-corrected chi connectivity index (χ1v) is 8.43. The summed E-state index contributed by atoms with van der Waals surface area (Å²) in [7, 11) is -0.600. The predicted octanol–water partition coefficient (Wildman–Crippen LogP) is 3.40. The average molecular weight is 256 g/mol. The fourth-order valence-electron chi connectivity index (χ4n) is 2.72. The molecule has 2 aliphatic rings. The van der Waals surface area contributed by atoms with Gasteiger partial charge in [0.2, 0.25) is 0 Å². The molecule has 2 rings (SSSR count). The molecule has 1 saturated heterocycles. The van der Waals surface area contributed by atoms with Crippen molar-refractivity contribution in [3.8, 4) is 0 Å². The van der Waals surface area contributed by atoms with Crippen molar-refractivity contribution in [2.45, 2.75) is 58.0 Å². The van der Waals surface area contributed by atoms with Gasteiger partial charge in [-0.1, -0.05) is 6.42 Å². The number of hydrogen-bond donors (Lipinski definition) is 0. The summed E-state index contributed by atoms with van der Waals surface area (Å²) in [5, 5.41) is 0. The van der Waals surface area contributed by atoms with Crippen molar-refractivity contribution in [3.05, 3.63) is 11.8 Å². The maximum Gasteiger partial charge on any atom is 0.0987 e. The molecule has 2 nitrogen and oxygen atoms in total. The second kappa shape index (κ2) is 6.58. The molecule has 0 aromatic rings. The predicted molar refractivity (Wildman–Crippen MR) is 72.3 cm³/mol. The summed E-state index contributed by atoms with van der Waals surface area (Å²) in [6.07, 6.45) is 10.9. The maximum atomic E-state index is 11.5. The largest absolute Gasteiger partial charge is 0.498 e. The van der Waals surface area contributed by atoms with E-state index in [4.69, 9.17) is 4.74 Å². The quantitative estimate of drug-likeness (QED) is 0.723. The van der Waals surface area contributed by atoms with Crippen molar-refractivity contribution in [3.63, 3.8) is 0 Å². The van der Waals surface area contributed by atoms with E-state index in [-0.39, 0.29) is 6.10 Å². The Labute approximate surface area is 107 Å². The van der Waals surface area contributed by atoms with Crippen LogP contribution in [0.5, 0.6) is 0 Å². The van der Waals surface area contributed by atoms with Crippen LogP contribution in [-0.2, 0) is 15.5 Å². The van der Waals surface area contributed by atoms with Crippen LogP contribution in [0.1, 0.15) is 51.9 Å². The van der Waals surface area contributed by atoms with E-state index in [1.165, 1.54) is 44.1 Å². The molecule has 0 bridgehead atoms. The SMILES string of the molecule is CC(OC=C1CCCCC1)C1CCCS(=O)C1. The molecule has 98 valence electrons. The van der Waals surface area contributed by atoms with Crippen LogP contribution in [0.15, 0.2) is 11.8 Å². The lowest BCUT2D eigenvalue weighted by molar-refractivity contribution is 0.103. The molecule has 1 heterocycles. The summed E-state index contributed by atoms with van der Waals surface area (Å²) >= 11 is 0. The fraction of sp³-hybridized carbons (Fsp3) is 0.857. The van der Waals surface area contributed by atoms with Gasteiger partial charge in [-0.3, -0.25) is 4.21 Å². The minimum absolute atomic E-state index is 0.230. The highest BCUT2D eigenvalue weighted by Gasteiger charge is 2.24. The van der Waals surface area contributed by atoms with Gasteiger partial charge in [0.25, 0.3) is 0 Å². The van der Waals surface area contributed by atoms with Crippen molar-refractivity contribution in [1.29, 1.82) is 0 Å². The second-order valence-electron chi connectivity index (χ2n) is 5.39. The first-order chi connectivity index (χ1) is 8.25. The molecular formula is C14H24O2S. The molecular weight excluding hydrogens is 232 g/mol. The zero-order valence-corrected chi connectivity index (χ0v) is 11.6. The molecule has 2 fully saturated rings. The van der Waals surface area contributed by atoms with Crippen LogP contribution in [0, 0.1) is 5.92 Å². The lowest BCUT2D eigenvalue weighted by Gasteiger charge is -2.27. The topological polar surface area (TPSA) is 26.3 Å². The highest BCUT2D eigenvalue weighted by Crippen LogP contribution is 2.25. The Bertz CT molecular complexity index is 291. The minimum Gasteiger partial charge on any atom is -0.498 e. The molecule has 3 atom stereocenters. The molecule has 1 aliphatic carbocycles. The molecule has 0 radical (unpaired) electrons. The third-order valence-corrected chi connectivity index (χ3v) is 5.50. The minimum atomic E-state index is -0.600. The third-order valence-electron chi connectivity index (χ3n) is 3.96. The molecule has 3 heteroatoms. The summed E-state index contributed by atoms with van der Waals surface area (Å²) < 4.78 is 17.4. The monoisotopic (exact) mass is 256 g/mol. The maximum absolute atomic E-state index is 11.5. The van der Waals surface area contributed by atoms with Gasteiger partial charge in [-0.05, 0) is 51.0 Å². The molecule has 1 aliphatic heterocycles. The summed E-state index contributed by atoms with van der Waals surface area (Å²) in [4.78, 5) is 0. The Morgan fingerprint density at radius 3 is 2.76 bits per heavy atom. The lowest BCUT2D eigenvalue weighted by atomic mass is 9.96. The second-order valence-corrected chi connectivity index (χ2v) is 7.01. The van der Waals surface area contributed by atoms with Crippen LogP contribution in [0.4, 0.5) is 0 Å². The summed E-state index contributed by atoms with van der Waals surface area (Å²) in [5.74, 6) is 2.22. The van der Waals surface area contributed by atoms with Gasteiger partial charge in [0, 0.05) is 28.2 Å². The first kappa shape index (κ1) is 13.1. The molecule has 3 unspecified atom stereocenters. The van der Waals surface area contributed by atoms with E-state index < -0.39 is 10.8 Å². The molecule has 1 saturated carbocycles. The molecule has 0 aromatic heterocycles. The van der Waals surface area contributed by atoms with Gasteiger partial charge in [0.15, 0.2) is 0 Å². The Hall–Kier alpha value is -0.310. The number of rotatable bonds is 3. The Morgan fingerprint density at radius 2 is 2.06 bits per heavy atom. The van der Waals surface area contributed by atoms with Crippen LogP contribution < -0.4 is 0 Å². The Morgan fingerprint density at radius 1 is 1.29 bits per heavy atom. The van der Waals surface area contributed by atoms with Gasteiger partial charge < -0.3 is 4.74 Å². The Kier molecular flexibility index (Phi) is 5.08. The zero-order chi connectivity index (χ0) is 12.1. The van der Waals surface area contributed by atoms with E-state index >= 15 is 0 Å². The van der Waals surface area contributed by atoms with Gasteiger partial charge in [-0.2, -0.15) is 0 Å². The standard InChI is InChI=1S/C14H24O2S/c1-12(14-8-5-9-17(15)11-14)16-10-13-6-3-2-4-7-13/h10,12,14H,2-9,11H2,1H3. The van der Waals surface area contributed by atoms with Crippen molar-refractivity contribution < 1.29 is 8.95 Å². The highest BCUT2D eigenvalue weighted by molar-refractivity contribution is 7.85. The number of allylic oxidation sites excluding steroid dienone is 1. The molecule has 0 N–H and O–H groups in total. The van der Waals surface area contributed by atoms with Gasteiger partial charge in [0.05, 0.1) is 12.4 Å². The van der Waals surface area contributed by atoms with Crippen LogP contribution in [0.2, 0.25) is 0 Å². The molecule has 17 heavy (non-hydrogen) atoms. The van der Waals surface area contributed by atoms with Crippen LogP contribution in [0.25, 0.3) is 0 Å². The third kappa shape index (κ3) is 4.13. The number of ether oxygens (including phenoxy) is 1. The normalized spacial score (nSPS) is 31.9. The zero-order valence-electron chi connectivity index (χ0n) is 10.8. The van der Waals surface area contributed by atoms with E-state index in [0.29, 0.717) is 5.92 Å². The van der Waals surface area contributed by atoms with Crippen LogP contribution in [0.3, 0.4) is 0 Å². The van der Waals surface area contributed by atoms with Gasteiger partial charge in [-0.25, -0.2) is 0 Å². The summed E-state index contributed by atoms with van der Waals surface area (Å²) in [6, 6.07) is 0. The van der Waals surface area contributed by atoms with Crippen LogP contribution in [-0.4, -0.2) is 21.8 Å². The van der Waals surface area contributed by atoms with Gasteiger partial charge >= 0.3 is 0 Å². The van der Waals surface area contributed by atoms with Gasteiger partial charge in [-0.15, -0.1) is 0 Å². The Balaban J connectivity index is 1.79. The van der Waals surface area contributed by atoms with Gasteiger partial charge in [0.1, 0.15) is 0 Å². The van der Waals surface area contributed by atoms with E-state index in [2.05, 4.69) is 6.92 Å². The number of hydrogen-bond acceptors (Lipinski definition) is 2. The van der Waals surface area contributed by atoms with E-state index in [1.807, 2.05) is 6.26 Å². The summed E-state index contributed by atoms with van der Waals surface area (Å²) in [5.41, 5.74) is 1.47. The van der Waals surface area contributed by atoms with Crippen LogP contribution >= 0.6 is 0 Å².